The predicted octanol–water partition coefficient (Wildman–Crippen LogP) is 4.67. The lowest BCUT2D eigenvalue weighted by atomic mass is 9.91. The van der Waals surface area contributed by atoms with E-state index in [0.717, 1.165) is 18.4 Å². The average Bonchev–Trinajstić information content (AvgIpc) is 3.39. The number of imidazole rings is 1. The highest BCUT2D eigenvalue weighted by atomic mass is 32.2. The van der Waals surface area contributed by atoms with Crippen LogP contribution in [0.15, 0.2) is 88.5 Å². The van der Waals surface area contributed by atoms with E-state index in [4.69, 9.17) is 0 Å². The van der Waals surface area contributed by atoms with Gasteiger partial charge >= 0.3 is 5.69 Å². The number of benzene rings is 3. The van der Waals surface area contributed by atoms with Gasteiger partial charge in [0, 0.05) is 18.2 Å². The Morgan fingerprint density at radius 3 is 2.37 bits per heavy atom. The van der Waals surface area contributed by atoms with E-state index in [0.29, 0.717) is 29.2 Å². The van der Waals surface area contributed by atoms with E-state index in [9.17, 15) is 22.4 Å². The molecule has 0 aliphatic heterocycles. The molecule has 0 radical (unpaired) electrons. The number of nitrogens with one attached hydrogen (secondary N) is 3. The second-order valence-electron chi connectivity index (χ2n) is 9.90. The number of rotatable bonds is 11. The highest BCUT2D eigenvalue weighted by Crippen LogP contribution is 2.30. The molecule has 9 nitrogen and oxygen atoms in total. The summed E-state index contributed by atoms with van der Waals surface area (Å²) in [4.78, 5) is 35.3. The van der Waals surface area contributed by atoms with E-state index < -0.39 is 27.2 Å². The third-order valence-electron chi connectivity index (χ3n) is 6.88. The molecule has 1 atom stereocenters. The monoisotopic (exact) mass is 575 g/mol. The van der Waals surface area contributed by atoms with Crippen LogP contribution in [-0.2, 0) is 28.7 Å². The van der Waals surface area contributed by atoms with Crippen molar-refractivity contribution in [2.75, 3.05) is 4.72 Å². The molecule has 5 rings (SSSR count). The van der Waals surface area contributed by atoms with Gasteiger partial charge in [-0.2, -0.15) is 0 Å². The molecule has 0 saturated carbocycles. The van der Waals surface area contributed by atoms with Gasteiger partial charge in [0.05, 0.1) is 5.75 Å². The van der Waals surface area contributed by atoms with Gasteiger partial charge < -0.3 is 4.98 Å². The average molecular weight is 576 g/mol. The molecule has 0 fully saturated rings. The first kappa shape index (κ1) is 28.0. The summed E-state index contributed by atoms with van der Waals surface area (Å²) < 4.78 is 44.2. The van der Waals surface area contributed by atoms with Gasteiger partial charge in [-0.3, -0.25) is 19.1 Å². The number of hydrogen-bond acceptors (Lipinski definition) is 5. The van der Waals surface area contributed by atoms with Crippen molar-refractivity contribution in [2.24, 2.45) is 0 Å². The molecule has 5 aromatic rings. The van der Waals surface area contributed by atoms with Gasteiger partial charge in [-0.05, 0) is 47.7 Å². The van der Waals surface area contributed by atoms with Crippen LogP contribution in [0.3, 0.4) is 0 Å². The zero-order valence-electron chi connectivity index (χ0n) is 22.4. The smallest absolute Gasteiger partial charge is 0.330 e. The van der Waals surface area contributed by atoms with Crippen molar-refractivity contribution < 1.29 is 12.8 Å². The summed E-state index contributed by atoms with van der Waals surface area (Å²) in [6, 6.07) is 22.1. The van der Waals surface area contributed by atoms with Gasteiger partial charge in [-0.1, -0.05) is 74.0 Å². The molecule has 3 N–H and O–H groups in total. The van der Waals surface area contributed by atoms with Gasteiger partial charge in [-0.25, -0.2) is 22.6 Å². The fourth-order valence-corrected chi connectivity index (χ4v) is 6.00. The summed E-state index contributed by atoms with van der Waals surface area (Å²) in [6.45, 7) is 2.39. The Balaban J connectivity index is 1.51. The van der Waals surface area contributed by atoms with Gasteiger partial charge in [0.2, 0.25) is 10.0 Å². The molecule has 0 saturated heterocycles. The Morgan fingerprint density at radius 2 is 1.66 bits per heavy atom. The summed E-state index contributed by atoms with van der Waals surface area (Å²) in [5.74, 6) is -0.680. The molecule has 41 heavy (non-hydrogen) atoms. The van der Waals surface area contributed by atoms with E-state index in [1.165, 1.54) is 10.6 Å². The van der Waals surface area contributed by atoms with Crippen LogP contribution in [0, 0.1) is 5.82 Å². The number of sulfonamides is 1. The van der Waals surface area contributed by atoms with Crippen molar-refractivity contribution in [3.05, 3.63) is 128 Å². The Morgan fingerprint density at radius 1 is 0.951 bits per heavy atom. The van der Waals surface area contributed by atoms with Crippen molar-refractivity contribution in [3.8, 4) is 0 Å². The van der Waals surface area contributed by atoms with Crippen LogP contribution in [0.2, 0.25) is 0 Å². The maximum Gasteiger partial charge on any atom is 0.330 e. The fraction of sp³-hybridized carbons (Fsp3) is 0.233. The van der Waals surface area contributed by atoms with Crippen LogP contribution >= 0.6 is 0 Å². The molecule has 1 unspecified atom stereocenters. The molecular formula is C30H30FN5O4S. The zero-order chi connectivity index (χ0) is 29.0. The number of fused-ring (bicyclic) bond motifs is 1. The van der Waals surface area contributed by atoms with Crippen LogP contribution < -0.4 is 16.0 Å². The van der Waals surface area contributed by atoms with Gasteiger partial charge in [0.25, 0.3) is 5.56 Å². The zero-order valence-corrected chi connectivity index (χ0v) is 23.2. The molecule has 0 aliphatic rings. The Bertz CT molecular complexity index is 1880. The molecule has 0 amide bonds. The van der Waals surface area contributed by atoms with E-state index in [1.54, 1.807) is 66.7 Å². The first-order chi connectivity index (χ1) is 19.7. The Labute approximate surface area is 236 Å². The minimum atomic E-state index is -3.65. The number of aryl methyl sites for hydroxylation is 1. The minimum Gasteiger partial charge on any atom is -0.336 e. The van der Waals surface area contributed by atoms with E-state index in [1.807, 2.05) is 13.0 Å². The fourth-order valence-electron chi connectivity index (χ4n) is 4.80. The number of nitrogens with zero attached hydrogens (tertiary/aromatic N) is 2. The first-order valence-electron chi connectivity index (χ1n) is 13.3. The van der Waals surface area contributed by atoms with Crippen molar-refractivity contribution in [1.29, 1.82) is 0 Å². The van der Waals surface area contributed by atoms with Crippen LogP contribution in [0.1, 0.15) is 48.2 Å². The van der Waals surface area contributed by atoms with E-state index in [2.05, 4.69) is 19.7 Å². The van der Waals surface area contributed by atoms with Gasteiger partial charge in [-0.15, -0.1) is 0 Å². The number of unbranched alkanes of at least 4 members (excludes halogenated alkanes) is 1. The first-order valence-corrected chi connectivity index (χ1v) is 15.0. The lowest BCUT2D eigenvalue weighted by molar-refractivity contribution is 0.597. The maximum absolute atomic E-state index is 14.7. The standard InChI is InChI=1S/C30H30FN5O4S/c1-2-3-17-36-28-26(29(37)34-30(36)38)32-27(33-28)24(18-22-11-7-8-12-25(22)31)21-13-15-23(16-14-21)35-41(39,40)19-20-9-5-4-6-10-20/h4-16,24,35H,2-3,17-19H2,1H3,(H,32,33)(H,34,37,38). The summed E-state index contributed by atoms with van der Waals surface area (Å²) >= 11 is 0. The summed E-state index contributed by atoms with van der Waals surface area (Å²) in [5.41, 5.74) is 1.50. The number of halogens is 1. The molecule has 2 aromatic heterocycles. The van der Waals surface area contributed by atoms with Gasteiger partial charge in [0.1, 0.15) is 17.2 Å². The lowest BCUT2D eigenvalue weighted by Crippen LogP contribution is -2.30. The molecule has 0 bridgehead atoms. The molecule has 3 aromatic carbocycles. The van der Waals surface area contributed by atoms with Crippen molar-refractivity contribution in [1.82, 2.24) is 19.5 Å². The molecule has 212 valence electrons. The molecular weight excluding hydrogens is 545 g/mol. The number of anilines is 1. The van der Waals surface area contributed by atoms with Crippen molar-refractivity contribution >= 4 is 26.9 Å². The second-order valence-corrected chi connectivity index (χ2v) is 11.6. The Hall–Kier alpha value is -4.51. The normalized spacial score (nSPS) is 12.4. The van der Waals surface area contributed by atoms with Crippen LogP contribution in [0.5, 0.6) is 0 Å². The summed E-state index contributed by atoms with van der Waals surface area (Å²) in [5, 5.41) is 0. The quantitative estimate of drug-likeness (QED) is 0.211. The van der Waals surface area contributed by atoms with Crippen LogP contribution in [0.25, 0.3) is 11.2 Å². The van der Waals surface area contributed by atoms with E-state index in [-0.39, 0.29) is 29.2 Å². The lowest BCUT2D eigenvalue weighted by Gasteiger charge is -2.17. The van der Waals surface area contributed by atoms with Crippen LogP contribution in [-0.4, -0.2) is 27.9 Å². The molecule has 0 spiro atoms. The largest absolute Gasteiger partial charge is 0.336 e. The summed E-state index contributed by atoms with van der Waals surface area (Å²) in [6.07, 6.45) is 1.79. The number of hydrogen-bond donors (Lipinski definition) is 3. The molecule has 11 heteroatoms. The van der Waals surface area contributed by atoms with Crippen molar-refractivity contribution in [3.63, 3.8) is 0 Å². The molecule has 0 aliphatic carbocycles. The molecule has 2 heterocycles. The third-order valence-corrected chi connectivity index (χ3v) is 8.14. The topological polar surface area (TPSA) is 130 Å². The summed E-state index contributed by atoms with van der Waals surface area (Å²) in [7, 11) is -3.65. The van der Waals surface area contributed by atoms with Gasteiger partial charge in [0.15, 0.2) is 5.65 Å². The Kier molecular flexibility index (Phi) is 8.16. The second kappa shape index (κ2) is 11.9. The number of aromatic nitrogens is 4. The maximum atomic E-state index is 14.7. The number of aromatic amines is 2. The highest BCUT2D eigenvalue weighted by Gasteiger charge is 2.23. The minimum absolute atomic E-state index is 0.166. The third kappa shape index (κ3) is 6.46. The number of H-pyrrole nitrogens is 2. The van der Waals surface area contributed by atoms with E-state index >= 15 is 0 Å². The van der Waals surface area contributed by atoms with Crippen molar-refractivity contribution in [2.45, 2.75) is 44.4 Å². The van der Waals surface area contributed by atoms with Crippen LogP contribution in [0.4, 0.5) is 10.1 Å². The predicted molar refractivity (Wildman–Crippen MR) is 157 cm³/mol. The SMILES string of the molecule is CCCCn1c(=O)[nH]c(=O)c2[nH]c(C(Cc3ccccc3F)c3ccc(NS(=O)(=O)Cc4ccccc4)cc3)nc21. The highest BCUT2D eigenvalue weighted by molar-refractivity contribution is 7.91.